The van der Waals surface area contributed by atoms with E-state index in [0.29, 0.717) is 30.6 Å². The topological polar surface area (TPSA) is 61.8 Å². The molecule has 0 spiro atoms. The molecule has 32 heavy (non-hydrogen) atoms. The van der Waals surface area contributed by atoms with Crippen LogP contribution in [0.3, 0.4) is 0 Å². The summed E-state index contributed by atoms with van der Waals surface area (Å²) in [5.74, 6) is -2.69. The first kappa shape index (κ1) is 22.3. The maximum atomic E-state index is 13.0. The summed E-state index contributed by atoms with van der Waals surface area (Å²) in [5, 5.41) is 0. The fourth-order valence-electron chi connectivity index (χ4n) is 7.53. The zero-order valence-corrected chi connectivity index (χ0v) is 17.5. The Balaban J connectivity index is 1.26. The molecule has 6 rings (SSSR count). The van der Waals surface area contributed by atoms with Gasteiger partial charge in [0.25, 0.3) is 12.5 Å². The third kappa shape index (κ3) is 3.90. The van der Waals surface area contributed by atoms with Gasteiger partial charge in [-0.05, 0) is 69.1 Å². The number of carbonyl (C=O) groups is 2. The summed E-state index contributed by atoms with van der Waals surface area (Å²) in [7, 11) is 0. The Morgan fingerprint density at radius 3 is 1.88 bits per heavy atom. The van der Waals surface area contributed by atoms with Gasteiger partial charge in [0.05, 0.1) is 30.7 Å². The predicted molar refractivity (Wildman–Crippen MR) is 98.4 cm³/mol. The maximum Gasteiger partial charge on any atom is 0.431 e. The van der Waals surface area contributed by atoms with Crippen LogP contribution in [0.4, 0.5) is 22.0 Å². The lowest BCUT2D eigenvalue weighted by atomic mass is 9.50. The van der Waals surface area contributed by atoms with Crippen LogP contribution in [-0.4, -0.2) is 49.5 Å². The molecule has 10 heteroatoms. The van der Waals surface area contributed by atoms with Crippen molar-refractivity contribution in [2.45, 2.75) is 82.3 Å². The summed E-state index contributed by atoms with van der Waals surface area (Å²) in [5.41, 5.74) is -0.0596. The lowest BCUT2D eigenvalue weighted by molar-refractivity contribution is -0.251. The summed E-state index contributed by atoms with van der Waals surface area (Å²) in [6, 6.07) is 0. The molecule has 4 saturated carbocycles. The van der Waals surface area contributed by atoms with Crippen molar-refractivity contribution in [1.29, 1.82) is 0 Å². The van der Waals surface area contributed by atoms with Crippen LogP contribution >= 0.6 is 0 Å². The average Bonchev–Trinajstić information content (AvgIpc) is 3.29. The lowest BCUT2D eigenvalue weighted by Crippen LogP contribution is -2.49. The zero-order valence-electron chi connectivity index (χ0n) is 17.5. The van der Waals surface area contributed by atoms with Crippen LogP contribution in [0, 0.1) is 35.0 Å². The van der Waals surface area contributed by atoms with Gasteiger partial charge in [0, 0.05) is 5.41 Å². The highest BCUT2D eigenvalue weighted by atomic mass is 19.4. The second-order valence-corrected chi connectivity index (χ2v) is 10.6. The summed E-state index contributed by atoms with van der Waals surface area (Å²) in [4.78, 5) is 25.5. The number of hydrogen-bond donors (Lipinski definition) is 0. The molecule has 5 unspecified atom stereocenters. The van der Waals surface area contributed by atoms with E-state index in [4.69, 9.17) is 9.47 Å². The molecule has 0 aromatic carbocycles. The highest BCUT2D eigenvalue weighted by molar-refractivity contribution is 5.84. The Morgan fingerprint density at radius 2 is 1.41 bits per heavy atom. The van der Waals surface area contributed by atoms with Crippen molar-refractivity contribution in [3.05, 3.63) is 0 Å². The van der Waals surface area contributed by atoms with E-state index in [9.17, 15) is 31.5 Å². The minimum absolute atomic E-state index is 0.0596. The average molecular weight is 466 g/mol. The van der Waals surface area contributed by atoms with Crippen LogP contribution in [-0.2, 0) is 23.8 Å². The van der Waals surface area contributed by atoms with Gasteiger partial charge in [-0.3, -0.25) is 9.59 Å². The number of carbonyl (C=O) groups excluding carboxylic acids is 2. The number of alkyl halides is 5. The molecule has 5 nitrogen and oxygen atoms in total. The molecule has 2 aliphatic heterocycles. The Kier molecular flexibility index (Phi) is 5.45. The quantitative estimate of drug-likeness (QED) is 0.432. The molecule has 6 fully saturated rings. The first-order valence-corrected chi connectivity index (χ1v) is 11.4. The molecule has 2 heterocycles. The molecule has 0 aromatic rings. The van der Waals surface area contributed by atoms with Gasteiger partial charge < -0.3 is 14.2 Å². The number of esters is 2. The van der Waals surface area contributed by atoms with Crippen molar-refractivity contribution in [3.63, 3.8) is 0 Å². The molecule has 6 aliphatic rings. The largest absolute Gasteiger partial charge is 0.465 e. The van der Waals surface area contributed by atoms with Gasteiger partial charge in [-0.2, -0.15) is 13.2 Å². The van der Waals surface area contributed by atoms with E-state index in [1.54, 1.807) is 0 Å². The van der Waals surface area contributed by atoms with Crippen molar-refractivity contribution in [2.75, 3.05) is 6.61 Å². The Labute approximate surface area is 182 Å². The van der Waals surface area contributed by atoms with Gasteiger partial charge in [0.15, 0.2) is 0 Å². The first-order chi connectivity index (χ1) is 15.0. The molecule has 0 N–H and O–H groups in total. The summed E-state index contributed by atoms with van der Waals surface area (Å²) < 4.78 is 79.7. The van der Waals surface area contributed by atoms with E-state index in [1.165, 1.54) is 19.3 Å². The number of rotatable bonds is 6. The van der Waals surface area contributed by atoms with E-state index >= 15 is 0 Å². The molecule has 0 aromatic heterocycles. The van der Waals surface area contributed by atoms with Crippen LogP contribution in [0.25, 0.3) is 0 Å². The lowest BCUT2D eigenvalue weighted by Gasteiger charge is -2.56. The number of fused-ring (bicyclic) bond motifs is 2. The standard InChI is InChI=1S/C22H27F5O5/c23-18(24)17(22(25,26)27)32-20(29)16-14-2-1-13(31-14)15(16)19(28)30-9-21-6-10-3-11(7-21)5-12(4-10)8-21/h10-18H,1-9H2. The molecule has 0 radical (unpaired) electrons. The van der Waals surface area contributed by atoms with Gasteiger partial charge in [-0.25, -0.2) is 8.78 Å². The minimum Gasteiger partial charge on any atom is -0.465 e. The normalized spacial score (nSPS) is 43.0. The van der Waals surface area contributed by atoms with E-state index in [-0.39, 0.29) is 12.0 Å². The van der Waals surface area contributed by atoms with Crippen LogP contribution in [0.2, 0.25) is 0 Å². The van der Waals surface area contributed by atoms with Gasteiger partial charge in [-0.15, -0.1) is 0 Å². The van der Waals surface area contributed by atoms with Crippen molar-refractivity contribution < 1.29 is 45.8 Å². The fraction of sp³-hybridized carbons (Fsp3) is 0.909. The second kappa shape index (κ2) is 7.81. The van der Waals surface area contributed by atoms with Crippen molar-refractivity contribution in [1.82, 2.24) is 0 Å². The molecular formula is C22H27F5O5. The molecular weight excluding hydrogens is 439 g/mol. The summed E-state index contributed by atoms with van der Waals surface area (Å²) >= 11 is 0. The van der Waals surface area contributed by atoms with Gasteiger partial charge in [-0.1, -0.05) is 0 Å². The van der Waals surface area contributed by atoms with E-state index in [2.05, 4.69) is 4.74 Å². The second-order valence-electron chi connectivity index (χ2n) is 10.6. The third-order valence-electron chi connectivity index (χ3n) is 8.30. The van der Waals surface area contributed by atoms with E-state index < -0.39 is 54.7 Å². The van der Waals surface area contributed by atoms with Gasteiger partial charge in [0.2, 0.25) is 0 Å². The predicted octanol–water partition coefficient (Wildman–Crippen LogP) is 4.28. The molecule has 0 amide bonds. The Hall–Kier alpha value is -1.45. The number of hydrogen-bond acceptors (Lipinski definition) is 5. The first-order valence-electron chi connectivity index (χ1n) is 11.4. The van der Waals surface area contributed by atoms with Gasteiger partial charge >= 0.3 is 18.1 Å². The van der Waals surface area contributed by atoms with Crippen LogP contribution in [0.5, 0.6) is 0 Å². The van der Waals surface area contributed by atoms with E-state index in [0.717, 1.165) is 19.3 Å². The molecule has 180 valence electrons. The smallest absolute Gasteiger partial charge is 0.431 e. The fourth-order valence-corrected chi connectivity index (χ4v) is 7.53. The monoisotopic (exact) mass is 466 g/mol. The van der Waals surface area contributed by atoms with Crippen LogP contribution in [0.1, 0.15) is 51.4 Å². The Morgan fingerprint density at radius 1 is 0.906 bits per heavy atom. The molecule has 6 bridgehead atoms. The third-order valence-corrected chi connectivity index (χ3v) is 8.30. The number of ether oxygens (including phenoxy) is 3. The summed E-state index contributed by atoms with van der Waals surface area (Å²) in [6.45, 7) is 0.229. The molecule has 2 saturated heterocycles. The minimum atomic E-state index is -5.41. The van der Waals surface area contributed by atoms with Crippen molar-refractivity contribution >= 4 is 11.9 Å². The SMILES string of the molecule is O=C(OCC12CC3CC(CC(C3)C1)C2)C1C2CCC(O2)C1C(=O)OC(C(F)F)C(F)(F)F. The van der Waals surface area contributed by atoms with Crippen molar-refractivity contribution in [3.8, 4) is 0 Å². The molecule has 5 atom stereocenters. The Bertz CT molecular complexity index is 733. The van der Waals surface area contributed by atoms with Crippen molar-refractivity contribution in [2.24, 2.45) is 35.0 Å². The van der Waals surface area contributed by atoms with Gasteiger partial charge in [0.1, 0.15) is 0 Å². The van der Waals surface area contributed by atoms with Crippen LogP contribution in [0.15, 0.2) is 0 Å². The van der Waals surface area contributed by atoms with Crippen LogP contribution < -0.4 is 0 Å². The molecule has 4 aliphatic carbocycles. The zero-order chi connectivity index (χ0) is 22.8. The number of halogens is 5. The highest BCUT2D eigenvalue weighted by Gasteiger charge is 2.59. The van der Waals surface area contributed by atoms with E-state index in [1.807, 2.05) is 0 Å². The summed E-state index contributed by atoms with van der Waals surface area (Å²) in [6.07, 6.45) is -6.82. The maximum absolute atomic E-state index is 13.0. The highest BCUT2D eigenvalue weighted by Crippen LogP contribution is 2.60.